The van der Waals surface area contributed by atoms with Gasteiger partial charge in [0.15, 0.2) is 0 Å². The van der Waals surface area contributed by atoms with Gasteiger partial charge in [-0.3, -0.25) is 4.79 Å². The third-order valence-corrected chi connectivity index (χ3v) is 7.76. The Labute approximate surface area is 193 Å². The maximum absolute atomic E-state index is 13.3. The Morgan fingerprint density at radius 3 is 2.45 bits per heavy atom. The molecule has 0 radical (unpaired) electrons. The van der Waals surface area contributed by atoms with Gasteiger partial charge in [0, 0.05) is 48.3 Å². The number of ether oxygens (including phenoxy) is 1. The first kappa shape index (κ1) is 24.0. The van der Waals surface area contributed by atoms with Crippen LogP contribution in [0.3, 0.4) is 0 Å². The van der Waals surface area contributed by atoms with Crippen molar-refractivity contribution in [2.24, 2.45) is 0 Å². The van der Waals surface area contributed by atoms with Crippen LogP contribution in [-0.2, 0) is 26.1 Å². The number of nitrogens with one attached hydrogen (secondary N) is 1. The van der Waals surface area contributed by atoms with Crippen molar-refractivity contribution < 1.29 is 17.9 Å². The maximum Gasteiger partial charge on any atom is 0.243 e. The third-order valence-electron chi connectivity index (χ3n) is 5.19. The number of aryl methyl sites for hydroxylation is 1. The SMILES string of the molecule is Cc1ccc(S(=O)(=O)N(CCC(=O)NCC2CCCO2)Cc2c(Cl)cccc2Cl)cc1. The predicted molar refractivity (Wildman–Crippen MR) is 122 cm³/mol. The molecule has 9 heteroatoms. The van der Waals surface area contributed by atoms with Crippen molar-refractivity contribution in [2.45, 2.75) is 43.7 Å². The first-order chi connectivity index (χ1) is 14.8. The molecule has 0 aromatic heterocycles. The van der Waals surface area contributed by atoms with E-state index in [4.69, 9.17) is 27.9 Å². The van der Waals surface area contributed by atoms with Crippen molar-refractivity contribution >= 4 is 39.1 Å². The number of amides is 1. The van der Waals surface area contributed by atoms with Crippen molar-refractivity contribution in [1.29, 1.82) is 0 Å². The summed E-state index contributed by atoms with van der Waals surface area (Å²) in [6.07, 6.45) is 1.94. The number of benzene rings is 2. The smallest absolute Gasteiger partial charge is 0.243 e. The number of halogens is 2. The Balaban J connectivity index is 1.76. The summed E-state index contributed by atoms with van der Waals surface area (Å²) in [6, 6.07) is 11.6. The number of sulfonamides is 1. The average molecular weight is 485 g/mol. The quantitative estimate of drug-likeness (QED) is 0.579. The van der Waals surface area contributed by atoms with Gasteiger partial charge in [0.25, 0.3) is 0 Å². The van der Waals surface area contributed by atoms with E-state index in [0.29, 0.717) is 28.8 Å². The van der Waals surface area contributed by atoms with Gasteiger partial charge in [-0.05, 0) is 44.0 Å². The fourth-order valence-corrected chi connectivity index (χ4v) is 5.28. The zero-order chi connectivity index (χ0) is 22.4. The van der Waals surface area contributed by atoms with Gasteiger partial charge < -0.3 is 10.1 Å². The van der Waals surface area contributed by atoms with E-state index in [9.17, 15) is 13.2 Å². The van der Waals surface area contributed by atoms with E-state index in [2.05, 4.69) is 5.32 Å². The molecule has 1 atom stereocenters. The molecule has 1 saturated heterocycles. The molecule has 1 heterocycles. The van der Waals surface area contributed by atoms with Crippen LogP contribution in [0.25, 0.3) is 0 Å². The molecule has 1 aliphatic heterocycles. The van der Waals surface area contributed by atoms with Crippen LogP contribution in [0.1, 0.15) is 30.4 Å². The molecule has 2 aromatic rings. The monoisotopic (exact) mass is 484 g/mol. The summed E-state index contributed by atoms with van der Waals surface area (Å²) in [7, 11) is -3.86. The number of nitrogens with zero attached hydrogens (tertiary/aromatic N) is 1. The lowest BCUT2D eigenvalue weighted by Gasteiger charge is -2.23. The molecule has 1 fully saturated rings. The molecule has 0 saturated carbocycles. The highest BCUT2D eigenvalue weighted by atomic mass is 35.5. The molecule has 1 amide bonds. The van der Waals surface area contributed by atoms with E-state index < -0.39 is 10.0 Å². The lowest BCUT2D eigenvalue weighted by molar-refractivity contribution is -0.121. The summed E-state index contributed by atoms with van der Waals surface area (Å²) >= 11 is 12.6. The maximum atomic E-state index is 13.3. The van der Waals surface area contributed by atoms with Crippen molar-refractivity contribution in [2.75, 3.05) is 19.7 Å². The van der Waals surface area contributed by atoms with E-state index in [1.165, 1.54) is 4.31 Å². The number of carbonyl (C=O) groups is 1. The molecule has 0 aliphatic carbocycles. The number of hydrogen-bond donors (Lipinski definition) is 1. The van der Waals surface area contributed by atoms with Crippen LogP contribution < -0.4 is 5.32 Å². The van der Waals surface area contributed by atoms with Crippen LogP contribution in [0.2, 0.25) is 10.0 Å². The molecular weight excluding hydrogens is 459 g/mol. The fourth-order valence-electron chi connectivity index (χ4n) is 3.35. The average Bonchev–Trinajstić information content (AvgIpc) is 3.25. The predicted octanol–water partition coefficient (Wildman–Crippen LogP) is 4.18. The van der Waals surface area contributed by atoms with Crippen LogP contribution in [0, 0.1) is 6.92 Å². The minimum Gasteiger partial charge on any atom is -0.376 e. The van der Waals surface area contributed by atoms with Gasteiger partial charge in [-0.15, -0.1) is 0 Å². The Bertz CT molecular complexity index is 986. The molecule has 0 bridgehead atoms. The standard InChI is InChI=1S/C22H26Cl2N2O4S/c1-16-7-9-18(10-8-16)31(28,29)26(15-19-20(23)5-2-6-21(19)24)12-11-22(27)25-14-17-4-3-13-30-17/h2,5-10,17H,3-4,11-15H2,1H3,(H,25,27). The van der Waals surface area contributed by atoms with Crippen LogP contribution in [-0.4, -0.2) is 44.4 Å². The molecule has 0 spiro atoms. The normalized spacial score (nSPS) is 16.6. The molecule has 2 aromatic carbocycles. The van der Waals surface area contributed by atoms with Crippen molar-refractivity contribution in [3.63, 3.8) is 0 Å². The molecule has 31 heavy (non-hydrogen) atoms. The van der Waals surface area contributed by atoms with Crippen LogP contribution in [0.5, 0.6) is 0 Å². The van der Waals surface area contributed by atoms with Gasteiger partial charge in [0.05, 0.1) is 11.0 Å². The molecule has 168 valence electrons. The summed E-state index contributed by atoms with van der Waals surface area (Å²) in [4.78, 5) is 12.5. The molecule has 1 unspecified atom stereocenters. The third kappa shape index (κ3) is 6.43. The molecule has 1 aliphatic rings. The van der Waals surface area contributed by atoms with E-state index >= 15 is 0 Å². The van der Waals surface area contributed by atoms with Crippen molar-refractivity contribution in [3.05, 3.63) is 63.6 Å². The van der Waals surface area contributed by atoms with Gasteiger partial charge in [0.1, 0.15) is 0 Å². The Morgan fingerprint density at radius 2 is 1.84 bits per heavy atom. The fraction of sp³-hybridized carbons (Fsp3) is 0.409. The topological polar surface area (TPSA) is 75.7 Å². The second kappa shape index (κ2) is 10.8. The summed E-state index contributed by atoms with van der Waals surface area (Å²) in [6.45, 7) is 2.99. The molecular formula is C22H26Cl2N2O4S. The molecule has 1 N–H and O–H groups in total. The summed E-state index contributed by atoms with van der Waals surface area (Å²) in [5.74, 6) is -0.232. The first-order valence-electron chi connectivity index (χ1n) is 10.2. The highest BCUT2D eigenvalue weighted by Crippen LogP contribution is 2.28. The lowest BCUT2D eigenvalue weighted by atomic mass is 10.2. The second-order valence-corrected chi connectivity index (χ2v) is 10.3. The summed E-state index contributed by atoms with van der Waals surface area (Å²) in [5, 5.41) is 3.58. The lowest BCUT2D eigenvalue weighted by Crippen LogP contribution is -2.37. The van der Waals surface area contributed by atoms with Crippen molar-refractivity contribution in [1.82, 2.24) is 9.62 Å². The van der Waals surface area contributed by atoms with Crippen LogP contribution >= 0.6 is 23.2 Å². The Kier molecular flexibility index (Phi) is 8.36. The zero-order valence-electron chi connectivity index (χ0n) is 17.3. The largest absolute Gasteiger partial charge is 0.376 e. The van der Waals surface area contributed by atoms with E-state index in [1.807, 2.05) is 6.92 Å². The number of rotatable bonds is 9. The van der Waals surface area contributed by atoms with Crippen molar-refractivity contribution in [3.8, 4) is 0 Å². The van der Waals surface area contributed by atoms with Gasteiger partial charge in [0.2, 0.25) is 15.9 Å². The van der Waals surface area contributed by atoms with Gasteiger partial charge in [-0.2, -0.15) is 4.31 Å². The van der Waals surface area contributed by atoms with E-state index in [1.54, 1.807) is 42.5 Å². The first-order valence-corrected chi connectivity index (χ1v) is 12.3. The second-order valence-electron chi connectivity index (χ2n) is 7.54. The molecule has 6 nitrogen and oxygen atoms in total. The minimum absolute atomic E-state index is 0.00484. The Morgan fingerprint density at radius 1 is 1.16 bits per heavy atom. The van der Waals surface area contributed by atoms with Crippen LogP contribution in [0.4, 0.5) is 0 Å². The van der Waals surface area contributed by atoms with Gasteiger partial charge in [-0.25, -0.2) is 8.42 Å². The molecule has 3 rings (SSSR count). The number of carbonyl (C=O) groups excluding carboxylic acids is 1. The Hall–Kier alpha value is -1.64. The highest BCUT2D eigenvalue weighted by Gasteiger charge is 2.27. The summed E-state index contributed by atoms with van der Waals surface area (Å²) in [5.41, 5.74) is 1.45. The number of hydrogen-bond acceptors (Lipinski definition) is 4. The zero-order valence-corrected chi connectivity index (χ0v) is 19.6. The van der Waals surface area contributed by atoms with E-state index in [0.717, 1.165) is 18.4 Å². The highest BCUT2D eigenvalue weighted by molar-refractivity contribution is 7.89. The summed E-state index contributed by atoms with van der Waals surface area (Å²) < 4.78 is 33.4. The minimum atomic E-state index is -3.86. The van der Waals surface area contributed by atoms with E-state index in [-0.39, 0.29) is 36.4 Å². The van der Waals surface area contributed by atoms with Gasteiger partial charge in [-0.1, -0.05) is 47.0 Å². The van der Waals surface area contributed by atoms with Crippen LogP contribution in [0.15, 0.2) is 47.4 Å². The van der Waals surface area contributed by atoms with Gasteiger partial charge >= 0.3 is 0 Å².